The lowest BCUT2D eigenvalue weighted by Crippen LogP contribution is -2.49. The number of anilines is 1. The maximum atomic E-state index is 12.0. The zero-order valence-corrected chi connectivity index (χ0v) is 14.9. The number of halogens is 1. The number of nitrogens with zero attached hydrogens (tertiary/aromatic N) is 3. The van der Waals surface area contributed by atoms with Crippen molar-refractivity contribution in [2.24, 2.45) is 0 Å². The second kappa shape index (κ2) is 9.25. The predicted molar refractivity (Wildman–Crippen MR) is 94.4 cm³/mol. The highest BCUT2D eigenvalue weighted by atomic mass is 35.5. The number of ether oxygens (including phenoxy) is 1. The normalized spacial score (nSPS) is 14.7. The van der Waals surface area contributed by atoms with Crippen LogP contribution in [-0.2, 0) is 9.53 Å². The molecule has 2 rings (SSSR count). The molecule has 1 saturated heterocycles. The van der Waals surface area contributed by atoms with E-state index in [2.05, 4.69) is 10.2 Å². The summed E-state index contributed by atoms with van der Waals surface area (Å²) in [5.41, 5.74) is 0.945. The van der Waals surface area contributed by atoms with Gasteiger partial charge in [0.05, 0.1) is 17.2 Å². The Labute approximate surface area is 152 Å². The van der Waals surface area contributed by atoms with E-state index in [-0.39, 0.29) is 12.0 Å². The summed E-state index contributed by atoms with van der Waals surface area (Å²) in [6.45, 7) is 5.42. The van der Waals surface area contributed by atoms with E-state index in [9.17, 15) is 9.59 Å². The van der Waals surface area contributed by atoms with E-state index >= 15 is 0 Å². The Morgan fingerprint density at radius 2 is 2.04 bits per heavy atom. The molecule has 0 radical (unpaired) electrons. The molecular weight excluding hydrogens is 344 g/mol. The molecule has 0 bridgehead atoms. The summed E-state index contributed by atoms with van der Waals surface area (Å²) in [7, 11) is 0. The number of benzene rings is 1. The van der Waals surface area contributed by atoms with Crippen LogP contribution in [0.25, 0.3) is 0 Å². The van der Waals surface area contributed by atoms with Gasteiger partial charge in [-0.15, -0.1) is 0 Å². The highest BCUT2D eigenvalue weighted by Gasteiger charge is 2.22. The molecule has 1 heterocycles. The Morgan fingerprint density at radius 1 is 1.32 bits per heavy atom. The van der Waals surface area contributed by atoms with Crippen LogP contribution >= 0.6 is 11.6 Å². The molecule has 0 unspecified atom stereocenters. The highest BCUT2D eigenvalue weighted by Crippen LogP contribution is 2.20. The van der Waals surface area contributed by atoms with E-state index in [0.29, 0.717) is 48.9 Å². The number of hydrogen-bond donors (Lipinski definition) is 1. The van der Waals surface area contributed by atoms with Crippen LogP contribution in [0.4, 0.5) is 10.5 Å². The third kappa shape index (κ3) is 5.62. The van der Waals surface area contributed by atoms with Crippen molar-refractivity contribution in [2.75, 3.05) is 44.6 Å². The Kier molecular flexibility index (Phi) is 7.04. The van der Waals surface area contributed by atoms with Crippen molar-refractivity contribution in [3.63, 3.8) is 0 Å². The van der Waals surface area contributed by atoms with E-state index < -0.39 is 0 Å². The van der Waals surface area contributed by atoms with Crippen LogP contribution in [-0.4, -0.2) is 61.1 Å². The standard InChI is InChI=1S/C17H21ClN4O3/c1-2-25-17(24)22-9-7-21(8-10-22)6-5-16(23)20-14-4-3-13(12-19)15(18)11-14/h3-4,11H,2,5-10H2,1H3,(H,20,23). The van der Waals surface area contributed by atoms with Crippen LogP contribution in [0.5, 0.6) is 0 Å². The molecule has 1 fully saturated rings. The number of amides is 2. The van der Waals surface area contributed by atoms with Gasteiger partial charge in [0.25, 0.3) is 0 Å². The first kappa shape index (κ1) is 19.0. The minimum Gasteiger partial charge on any atom is -0.450 e. The second-order valence-electron chi connectivity index (χ2n) is 5.63. The zero-order chi connectivity index (χ0) is 18.2. The number of nitrogens with one attached hydrogen (secondary N) is 1. The molecule has 7 nitrogen and oxygen atoms in total. The molecular formula is C17H21ClN4O3. The topological polar surface area (TPSA) is 85.7 Å². The van der Waals surface area contributed by atoms with Crippen molar-refractivity contribution in [1.29, 1.82) is 5.26 Å². The van der Waals surface area contributed by atoms with Gasteiger partial charge in [-0.1, -0.05) is 11.6 Å². The van der Waals surface area contributed by atoms with Crippen LogP contribution in [0.15, 0.2) is 18.2 Å². The van der Waals surface area contributed by atoms with Crippen LogP contribution in [0.1, 0.15) is 18.9 Å². The minimum absolute atomic E-state index is 0.117. The third-order valence-corrected chi connectivity index (χ3v) is 4.24. The first-order valence-electron chi connectivity index (χ1n) is 8.17. The fourth-order valence-electron chi connectivity index (χ4n) is 2.54. The van der Waals surface area contributed by atoms with Gasteiger partial charge in [-0.25, -0.2) is 4.79 Å². The summed E-state index contributed by atoms with van der Waals surface area (Å²) in [5, 5.41) is 11.9. The summed E-state index contributed by atoms with van der Waals surface area (Å²) in [6, 6.07) is 6.77. The lowest BCUT2D eigenvalue weighted by atomic mass is 10.2. The molecule has 0 saturated carbocycles. The molecule has 0 aromatic heterocycles. The van der Waals surface area contributed by atoms with Crippen LogP contribution < -0.4 is 5.32 Å². The Balaban J connectivity index is 1.73. The first-order chi connectivity index (χ1) is 12.0. The molecule has 0 aliphatic carbocycles. The van der Waals surface area contributed by atoms with Crippen LogP contribution in [0, 0.1) is 11.3 Å². The van der Waals surface area contributed by atoms with Gasteiger partial charge in [-0.3, -0.25) is 9.69 Å². The summed E-state index contributed by atoms with van der Waals surface area (Å²) in [5.74, 6) is -0.117. The van der Waals surface area contributed by atoms with Crippen LogP contribution in [0.2, 0.25) is 5.02 Å². The fourth-order valence-corrected chi connectivity index (χ4v) is 2.76. The maximum Gasteiger partial charge on any atom is 0.409 e. The van der Waals surface area contributed by atoms with E-state index in [4.69, 9.17) is 21.6 Å². The number of carbonyl (C=O) groups excluding carboxylic acids is 2. The fraction of sp³-hybridized carbons (Fsp3) is 0.471. The SMILES string of the molecule is CCOC(=O)N1CCN(CCC(=O)Nc2ccc(C#N)c(Cl)c2)CC1. The molecule has 0 atom stereocenters. The molecule has 1 aromatic rings. The first-order valence-corrected chi connectivity index (χ1v) is 8.55. The van der Waals surface area contributed by atoms with Crippen molar-refractivity contribution in [3.05, 3.63) is 28.8 Å². The zero-order valence-electron chi connectivity index (χ0n) is 14.1. The molecule has 134 valence electrons. The molecule has 8 heteroatoms. The largest absolute Gasteiger partial charge is 0.450 e. The predicted octanol–water partition coefficient (Wildman–Crippen LogP) is 2.31. The Morgan fingerprint density at radius 3 is 2.64 bits per heavy atom. The van der Waals surface area contributed by atoms with E-state index in [1.807, 2.05) is 6.07 Å². The van der Waals surface area contributed by atoms with Gasteiger partial charge in [-0.05, 0) is 25.1 Å². The van der Waals surface area contributed by atoms with Crippen LogP contribution in [0.3, 0.4) is 0 Å². The molecule has 1 aliphatic rings. The third-order valence-electron chi connectivity index (χ3n) is 3.93. The average Bonchev–Trinajstić information content (AvgIpc) is 2.61. The summed E-state index contributed by atoms with van der Waals surface area (Å²) in [6.07, 6.45) is 0.0643. The number of carbonyl (C=O) groups is 2. The van der Waals surface area contributed by atoms with E-state index in [1.165, 1.54) is 0 Å². The summed E-state index contributed by atoms with van der Waals surface area (Å²) in [4.78, 5) is 27.5. The van der Waals surface area contributed by atoms with Gasteiger partial charge in [0.2, 0.25) is 5.91 Å². The van der Waals surface area contributed by atoms with Crippen molar-refractivity contribution in [3.8, 4) is 6.07 Å². The molecule has 1 aliphatic heterocycles. The van der Waals surface area contributed by atoms with Crippen molar-refractivity contribution in [1.82, 2.24) is 9.80 Å². The van der Waals surface area contributed by atoms with Gasteiger partial charge >= 0.3 is 6.09 Å². The molecule has 1 aromatic carbocycles. The van der Waals surface area contributed by atoms with Gasteiger partial charge in [0.15, 0.2) is 0 Å². The van der Waals surface area contributed by atoms with Crippen molar-refractivity contribution in [2.45, 2.75) is 13.3 Å². The van der Waals surface area contributed by atoms with Gasteiger partial charge in [0, 0.05) is 44.8 Å². The lowest BCUT2D eigenvalue weighted by Gasteiger charge is -2.33. The quantitative estimate of drug-likeness (QED) is 0.866. The molecule has 2 amide bonds. The Bertz CT molecular complexity index is 666. The highest BCUT2D eigenvalue weighted by molar-refractivity contribution is 6.32. The lowest BCUT2D eigenvalue weighted by molar-refractivity contribution is -0.116. The van der Waals surface area contributed by atoms with Crippen molar-refractivity contribution >= 4 is 29.3 Å². The maximum absolute atomic E-state index is 12.0. The number of piperazine rings is 1. The van der Waals surface area contributed by atoms with Gasteiger partial charge < -0.3 is 15.0 Å². The van der Waals surface area contributed by atoms with Gasteiger partial charge in [0.1, 0.15) is 6.07 Å². The molecule has 0 spiro atoms. The van der Waals surface area contributed by atoms with Gasteiger partial charge in [-0.2, -0.15) is 5.26 Å². The summed E-state index contributed by atoms with van der Waals surface area (Å²) < 4.78 is 4.98. The molecule has 25 heavy (non-hydrogen) atoms. The summed E-state index contributed by atoms with van der Waals surface area (Å²) >= 11 is 5.95. The number of rotatable bonds is 5. The monoisotopic (exact) mass is 364 g/mol. The van der Waals surface area contributed by atoms with Crippen molar-refractivity contribution < 1.29 is 14.3 Å². The number of nitriles is 1. The smallest absolute Gasteiger partial charge is 0.409 e. The second-order valence-corrected chi connectivity index (χ2v) is 6.04. The minimum atomic E-state index is -0.280. The van der Waals surface area contributed by atoms with E-state index in [1.54, 1.807) is 30.0 Å². The average molecular weight is 365 g/mol. The van der Waals surface area contributed by atoms with E-state index in [0.717, 1.165) is 13.1 Å². The molecule has 1 N–H and O–H groups in total. The number of hydrogen-bond acceptors (Lipinski definition) is 5. The Hall–Kier alpha value is -2.30.